The Labute approximate surface area is 84.2 Å². The number of nitrogen functional groups attached to an aromatic ring is 1. The van der Waals surface area contributed by atoms with Crippen LogP contribution < -0.4 is 11.4 Å². The van der Waals surface area contributed by atoms with Crippen molar-refractivity contribution in [3.05, 3.63) is 40.9 Å². The maximum atomic E-state index is 11.7. The van der Waals surface area contributed by atoms with Crippen molar-refractivity contribution < 1.29 is 0 Å². The molecular formula is C10H8N4O. The van der Waals surface area contributed by atoms with E-state index in [2.05, 4.69) is 9.97 Å². The van der Waals surface area contributed by atoms with Crippen molar-refractivity contribution in [2.24, 2.45) is 0 Å². The second kappa shape index (κ2) is 2.60. The van der Waals surface area contributed by atoms with Gasteiger partial charge in [-0.2, -0.15) is 0 Å². The first-order chi connectivity index (χ1) is 7.27. The monoisotopic (exact) mass is 200 g/mol. The van der Waals surface area contributed by atoms with Crippen LogP contribution in [0.2, 0.25) is 0 Å². The molecule has 0 radical (unpaired) electrons. The summed E-state index contributed by atoms with van der Waals surface area (Å²) in [4.78, 5) is 18.3. The second-order valence-electron chi connectivity index (χ2n) is 3.31. The van der Waals surface area contributed by atoms with Crippen LogP contribution in [0.3, 0.4) is 0 Å². The zero-order chi connectivity index (χ0) is 10.4. The van der Waals surface area contributed by atoms with E-state index in [9.17, 15) is 4.79 Å². The van der Waals surface area contributed by atoms with Crippen LogP contribution >= 0.6 is 0 Å². The molecule has 3 rings (SSSR count). The minimum absolute atomic E-state index is 0.206. The van der Waals surface area contributed by atoms with Gasteiger partial charge in [0.1, 0.15) is 0 Å². The lowest BCUT2D eigenvalue weighted by Crippen LogP contribution is -2.17. The molecule has 0 aliphatic heterocycles. The van der Waals surface area contributed by atoms with Crippen molar-refractivity contribution >= 4 is 22.4 Å². The molecule has 0 fully saturated rings. The molecule has 0 aliphatic rings. The fraction of sp³-hybridized carbons (Fsp3) is 0. The first-order valence-electron chi connectivity index (χ1n) is 4.51. The van der Waals surface area contributed by atoms with Gasteiger partial charge in [0, 0.05) is 5.39 Å². The van der Waals surface area contributed by atoms with Crippen LogP contribution in [0.1, 0.15) is 0 Å². The zero-order valence-corrected chi connectivity index (χ0v) is 7.77. The Kier molecular flexibility index (Phi) is 1.39. The molecule has 0 bridgehead atoms. The zero-order valence-electron chi connectivity index (χ0n) is 7.77. The Bertz CT molecular complexity index is 710. The third-order valence-electron chi connectivity index (χ3n) is 2.44. The number of imidazole rings is 1. The number of aromatic nitrogens is 3. The number of nitrogens with zero attached hydrogens (tertiary/aromatic N) is 2. The number of para-hydroxylation sites is 1. The number of nitrogens with one attached hydrogen (secondary N) is 1. The Hall–Kier alpha value is -2.30. The molecule has 0 spiro atoms. The molecule has 15 heavy (non-hydrogen) atoms. The van der Waals surface area contributed by atoms with Crippen molar-refractivity contribution in [2.75, 3.05) is 5.73 Å². The molecule has 0 saturated heterocycles. The van der Waals surface area contributed by atoms with Gasteiger partial charge in [0.15, 0.2) is 0 Å². The molecule has 2 aromatic heterocycles. The predicted octanol–water partition coefficient (Wildman–Crippen LogP) is 0.758. The van der Waals surface area contributed by atoms with E-state index in [0.29, 0.717) is 0 Å². The molecule has 2 heterocycles. The summed E-state index contributed by atoms with van der Waals surface area (Å²) < 4.78 is 1.36. The summed E-state index contributed by atoms with van der Waals surface area (Å²) in [6, 6.07) is 7.54. The number of benzene rings is 1. The van der Waals surface area contributed by atoms with Crippen molar-refractivity contribution in [3.8, 4) is 0 Å². The summed E-state index contributed by atoms with van der Waals surface area (Å²) >= 11 is 0. The quantitative estimate of drug-likeness (QED) is 0.562. The summed E-state index contributed by atoms with van der Waals surface area (Å²) in [6.45, 7) is 0. The molecule has 1 aromatic carbocycles. The number of hydrogen-bond donors (Lipinski definition) is 2. The van der Waals surface area contributed by atoms with Crippen LogP contribution in [-0.4, -0.2) is 14.4 Å². The normalized spacial score (nSPS) is 11.2. The van der Waals surface area contributed by atoms with Gasteiger partial charge in [0.05, 0.1) is 17.2 Å². The van der Waals surface area contributed by atoms with Crippen LogP contribution in [0.5, 0.6) is 0 Å². The Morgan fingerprint density at radius 2 is 2.13 bits per heavy atom. The molecule has 0 unspecified atom stereocenters. The maximum Gasteiger partial charge on any atom is 0.333 e. The average molecular weight is 200 g/mol. The van der Waals surface area contributed by atoms with Crippen LogP contribution in [0.15, 0.2) is 35.3 Å². The highest BCUT2D eigenvalue weighted by molar-refractivity contribution is 5.93. The highest BCUT2D eigenvalue weighted by Gasteiger charge is 2.07. The van der Waals surface area contributed by atoms with Gasteiger partial charge in [-0.15, -0.1) is 0 Å². The SMILES string of the molecule is Nc1ncc2c3ccccc3[nH]c(=O)n12. The first-order valence-corrected chi connectivity index (χ1v) is 4.51. The number of aromatic amines is 1. The highest BCUT2D eigenvalue weighted by atomic mass is 16.1. The van der Waals surface area contributed by atoms with Gasteiger partial charge in [-0.25, -0.2) is 14.2 Å². The highest BCUT2D eigenvalue weighted by Crippen LogP contribution is 2.16. The minimum atomic E-state index is -0.265. The van der Waals surface area contributed by atoms with Gasteiger partial charge in [-0.05, 0) is 6.07 Å². The van der Waals surface area contributed by atoms with Gasteiger partial charge >= 0.3 is 5.69 Å². The lowest BCUT2D eigenvalue weighted by Gasteiger charge is -2.00. The molecule has 74 valence electrons. The van der Waals surface area contributed by atoms with Gasteiger partial charge in [-0.1, -0.05) is 18.2 Å². The fourth-order valence-corrected chi connectivity index (χ4v) is 1.76. The van der Waals surface area contributed by atoms with E-state index in [1.54, 1.807) is 6.20 Å². The number of hydrogen-bond acceptors (Lipinski definition) is 3. The Morgan fingerprint density at radius 3 is 3.00 bits per heavy atom. The van der Waals surface area contributed by atoms with E-state index in [-0.39, 0.29) is 11.6 Å². The van der Waals surface area contributed by atoms with Crippen LogP contribution in [0.4, 0.5) is 5.95 Å². The first kappa shape index (κ1) is 8.05. The Morgan fingerprint density at radius 1 is 1.33 bits per heavy atom. The topological polar surface area (TPSA) is 76.2 Å². The average Bonchev–Trinajstić information content (AvgIpc) is 2.62. The van der Waals surface area contributed by atoms with E-state index < -0.39 is 0 Å². The van der Waals surface area contributed by atoms with Gasteiger partial charge in [0.2, 0.25) is 5.95 Å². The molecule has 3 aromatic rings. The van der Waals surface area contributed by atoms with Gasteiger partial charge in [0.25, 0.3) is 0 Å². The summed E-state index contributed by atoms with van der Waals surface area (Å²) in [5, 5.41) is 0.932. The molecule has 0 saturated carbocycles. The summed E-state index contributed by atoms with van der Waals surface area (Å²) in [5.41, 5.74) is 6.85. The standard InChI is InChI=1S/C10H8N4O/c11-9-12-5-8-6-3-1-2-4-7(6)13-10(15)14(8)9/h1-5H,(H2,11,12)(H,13,15). The molecule has 5 nitrogen and oxygen atoms in total. The van der Waals surface area contributed by atoms with Crippen molar-refractivity contribution in [2.45, 2.75) is 0 Å². The fourth-order valence-electron chi connectivity index (χ4n) is 1.76. The molecular weight excluding hydrogens is 192 g/mol. The van der Waals surface area contributed by atoms with E-state index in [1.807, 2.05) is 24.3 Å². The van der Waals surface area contributed by atoms with Gasteiger partial charge in [-0.3, -0.25) is 0 Å². The summed E-state index contributed by atoms with van der Waals surface area (Å²) in [5.74, 6) is 0.206. The third kappa shape index (κ3) is 0.969. The molecule has 3 N–H and O–H groups in total. The molecule has 5 heteroatoms. The lowest BCUT2D eigenvalue weighted by molar-refractivity contribution is 1.03. The summed E-state index contributed by atoms with van der Waals surface area (Å²) in [6.07, 6.45) is 1.60. The molecule has 0 aliphatic carbocycles. The molecule has 0 amide bonds. The van der Waals surface area contributed by atoms with Gasteiger partial charge < -0.3 is 10.7 Å². The van der Waals surface area contributed by atoms with Crippen molar-refractivity contribution in [3.63, 3.8) is 0 Å². The maximum absolute atomic E-state index is 11.7. The number of anilines is 1. The third-order valence-corrected chi connectivity index (χ3v) is 2.44. The van der Waals surface area contributed by atoms with Crippen LogP contribution in [0.25, 0.3) is 16.4 Å². The number of rotatable bonds is 0. The smallest absolute Gasteiger partial charge is 0.333 e. The number of fused-ring (bicyclic) bond motifs is 3. The van der Waals surface area contributed by atoms with E-state index in [0.717, 1.165) is 16.4 Å². The van der Waals surface area contributed by atoms with E-state index in [4.69, 9.17) is 5.73 Å². The molecule has 0 atom stereocenters. The largest absolute Gasteiger partial charge is 0.369 e. The lowest BCUT2D eigenvalue weighted by atomic mass is 10.2. The Balaban J connectivity index is 2.71. The predicted molar refractivity (Wildman–Crippen MR) is 57.7 cm³/mol. The second-order valence-corrected chi connectivity index (χ2v) is 3.31. The van der Waals surface area contributed by atoms with Crippen LogP contribution in [0, 0.1) is 0 Å². The van der Waals surface area contributed by atoms with Crippen LogP contribution in [-0.2, 0) is 0 Å². The van der Waals surface area contributed by atoms with Crippen molar-refractivity contribution in [1.29, 1.82) is 0 Å². The minimum Gasteiger partial charge on any atom is -0.369 e. The number of nitrogens with two attached hydrogens (primary N) is 1. The van der Waals surface area contributed by atoms with E-state index >= 15 is 0 Å². The number of H-pyrrole nitrogens is 1. The van der Waals surface area contributed by atoms with Crippen molar-refractivity contribution in [1.82, 2.24) is 14.4 Å². The summed E-state index contributed by atoms with van der Waals surface area (Å²) in [7, 11) is 0. The van der Waals surface area contributed by atoms with E-state index in [1.165, 1.54) is 4.40 Å².